The van der Waals surface area contributed by atoms with Crippen LogP contribution < -0.4 is 11.5 Å². The first-order valence-corrected chi connectivity index (χ1v) is 4.38. The zero-order chi connectivity index (χ0) is 9.94. The van der Waals surface area contributed by atoms with E-state index < -0.39 is 5.54 Å². The molecule has 3 nitrogen and oxygen atoms in total. The molecule has 3 heteroatoms. The van der Waals surface area contributed by atoms with Gasteiger partial charge >= 0.3 is 0 Å². The van der Waals surface area contributed by atoms with E-state index in [1.165, 1.54) is 0 Å². The molecule has 0 saturated carbocycles. The molecule has 0 aliphatic rings. The van der Waals surface area contributed by atoms with E-state index in [0.29, 0.717) is 0 Å². The fourth-order valence-corrected chi connectivity index (χ4v) is 1.38. The van der Waals surface area contributed by atoms with Gasteiger partial charge in [0.05, 0.1) is 0 Å². The summed E-state index contributed by atoms with van der Waals surface area (Å²) in [5.74, 6) is 0.217. The molecule has 0 fully saturated rings. The molecule has 0 aliphatic carbocycles. The third kappa shape index (κ3) is 2.48. The van der Waals surface area contributed by atoms with Crippen molar-refractivity contribution in [3.05, 3.63) is 0 Å². The van der Waals surface area contributed by atoms with E-state index >= 15 is 0 Å². The van der Waals surface area contributed by atoms with Crippen LogP contribution in [0.3, 0.4) is 0 Å². The van der Waals surface area contributed by atoms with Crippen molar-refractivity contribution < 1.29 is 4.79 Å². The van der Waals surface area contributed by atoms with Gasteiger partial charge in [0.2, 0.25) is 5.91 Å². The first-order valence-electron chi connectivity index (χ1n) is 4.38. The number of rotatable bonds is 4. The molecule has 0 bridgehead atoms. The first-order chi connectivity index (χ1) is 5.30. The van der Waals surface area contributed by atoms with Gasteiger partial charge in [-0.2, -0.15) is 0 Å². The Morgan fingerprint density at radius 3 is 1.67 bits per heavy atom. The van der Waals surface area contributed by atoms with Crippen molar-refractivity contribution in [3.63, 3.8) is 0 Å². The average molecular weight is 172 g/mol. The van der Waals surface area contributed by atoms with Crippen LogP contribution in [-0.4, -0.2) is 11.4 Å². The Kier molecular flexibility index (Phi) is 3.71. The van der Waals surface area contributed by atoms with E-state index in [1.54, 1.807) is 0 Å². The van der Waals surface area contributed by atoms with E-state index in [9.17, 15) is 4.79 Å². The number of hydrogen-bond acceptors (Lipinski definition) is 2. The summed E-state index contributed by atoms with van der Waals surface area (Å²) in [6, 6.07) is 0. The highest BCUT2D eigenvalue weighted by Crippen LogP contribution is 2.26. The van der Waals surface area contributed by atoms with E-state index in [1.807, 2.05) is 27.7 Å². The zero-order valence-electron chi connectivity index (χ0n) is 8.42. The van der Waals surface area contributed by atoms with Crippen LogP contribution >= 0.6 is 0 Å². The minimum Gasteiger partial charge on any atom is -0.370 e. The van der Waals surface area contributed by atoms with Crippen molar-refractivity contribution in [2.45, 2.75) is 39.7 Å². The smallest absolute Gasteiger partial charge is 0.219 e. The number of nitrogens with two attached hydrogens (primary N) is 2. The van der Waals surface area contributed by atoms with Gasteiger partial charge in [0.25, 0.3) is 0 Å². The summed E-state index contributed by atoms with van der Waals surface area (Å²) in [7, 11) is 0. The van der Waals surface area contributed by atoms with E-state index in [4.69, 9.17) is 11.5 Å². The number of hydrogen-bond donors (Lipinski definition) is 2. The second-order valence-electron chi connectivity index (χ2n) is 4.06. The summed E-state index contributed by atoms with van der Waals surface area (Å²) in [4.78, 5) is 10.8. The lowest BCUT2D eigenvalue weighted by molar-refractivity contribution is -0.120. The molecule has 0 heterocycles. The molecular weight excluding hydrogens is 152 g/mol. The molecule has 0 aromatic carbocycles. The molecule has 0 rings (SSSR count). The van der Waals surface area contributed by atoms with Crippen LogP contribution in [0.25, 0.3) is 0 Å². The van der Waals surface area contributed by atoms with Gasteiger partial charge in [0.1, 0.15) is 0 Å². The van der Waals surface area contributed by atoms with Crippen LogP contribution in [0, 0.1) is 11.8 Å². The lowest BCUT2D eigenvalue weighted by atomic mass is 9.75. The van der Waals surface area contributed by atoms with Crippen molar-refractivity contribution in [1.82, 2.24) is 0 Å². The quantitative estimate of drug-likeness (QED) is 0.660. The van der Waals surface area contributed by atoms with Crippen LogP contribution in [-0.2, 0) is 4.79 Å². The van der Waals surface area contributed by atoms with Crippen LogP contribution in [0.2, 0.25) is 0 Å². The molecule has 0 saturated heterocycles. The van der Waals surface area contributed by atoms with Crippen molar-refractivity contribution >= 4 is 5.91 Å². The van der Waals surface area contributed by atoms with Gasteiger partial charge in [0, 0.05) is 12.0 Å². The number of carbonyl (C=O) groups is 1. The van der Waals surface area contributed by atoms with Gasteiger partial charge in [0.15, 0.2) is 0 Å². The predicted molar refractivity (Wildman–Crippen MR) is 50.4 cm³/mol. The highest BCUT2D eigenvalue weighted by atomic mass is 16.1. The van der Waals surface area contributed by atoms with Gasteiger partial charge in [-0.15, -0.1) is 0 Å². The summed E-state index contributed by atoms with van der Waals surface area (Å²) < 4.78 is 0. The number of primary amides is 1. The van der Waals surface area contributed by atoms with E-state index in [-0.39, 0.29) is 24.2 Å². The number of carbonyl (C=O) groups excluding carboxylic acids is 1. The molecule has 0 spiro atoms. The highest BCUT2D eigenvalue weighted by Gasteiger charge is 2.34. The Labute approximate surface area is 74.5 Å². The largest absolute Gasteiger partial charge is 0.370 e. The second-order valence-corrected chi connectivity index (χ2v) is 4.06. The summed E-state index contributed by atoms with van der Waals surface area (Å²) in [5, 5.41) is 0. The van der Waals surface area contributed by atoms with Crippen LogP contribution in [0.5, 0.6) is 0 Å². The second kappa shape index (κ2) is 3.90. The Morgan fingerprint density at radius 2 is 1.58 bits per heavy atom. The SMILES string of the molecule is CC(C)C(N)(CC(N)=O)C(C)C. The maximum Gasteiger partial charge on any atom is 0.219 e. The number of amides is 1. The molecule has 0 aromatic heterocycles. The minimum atomic E-state index is -0.453. The van der Waals surface area contributed by atoms with Gasteiger partial charge in [-0.1, -0.05) is 27.7 Å². The van der Waals surface area contributed by atoms with Gasteiger partial charge in [-0.05, 0) is 11.8 Å². The fraction of sp³-hybridized carbons (Fsp3) is 0.889. The summed E-state index contributed by atoms with van der Waals surface area (Å²) in [6.07, 6.45) is 0.266. The standard InChI is InChI=1S/C9H20N2O/c1-6(2)9(11,7(3)4)5-8(10)12/h6-7H,5,11H2,1-4H3,(H2,10,12). The highest BCUT2D eigenvalue weighted by molar-refractivity contribution is 5.75. The fourth-order valence-electron chi connectivity index (χ4n) is 1.38. The van der Waals surface area contributed by atoms with Crippen molar-refractivity contribution in [1.29, 1.82) is 0 Å². The monoisotopic (exact) mass is 172 g/mol. The van der Waals surface area contributed by atoms with Crippen LogP contribution in [0.4, 0.5) is 0 Å². The zero-order valence-corrected chi connectivity index (χ0v) is 8.42. The molecule has 0 atom stereocenters. The summed E-state index contributed by atoms with van der Waals surface area (Å²) >= 11 is 0. The Hall–Kier alpha value is -0.570. The summed E-state index contributed by atoms with van der Waals surface area (Å²) in [5.41, 5.74) is 10.8. The van der Waals surface area contributed by atoms with Crippen LogP contribution in [0.1, 0.15) is 34.1 Å². The molecule has 1 amide bonds. The topological polar surface area (TPSA) is 69.1 Å². The summed E-state index contributed by atoms with van der Waals surface area (Å²) in [6.45, 7) is 8.07. The average Bonchev–Trinajstić information content (AvgIpc) is 1.84. The third-order valence-corrected chi connectivity index (χ3v) is 2.63. The maximum absolute atomic E-state index is 10.8. The van der Waals surface area contributed by atoms with E-state index in [2.05, 4.69) is 0 Å². The molecule has 4 N–H and O–H groups in total. The molecule has 0 radical (unpaired) electrons. The van der Waals surface area contributed by atoms with Gasteiger partial charge in [-0.25, -0.2) is 0 Å². The molecule has 0 unspecified atom stereocenters. The Balaban J connectivity index is 4.51. The molecule has 0 aliphatic heterocycles. The van der Waals surface area contributed by atoms with Gasteiger partial charge < -0.3 is 11.5 Å². The maximum atomic E-state index is 10.8. The van der Waals surface area contributed by atoms with Gasteiger partial charge in [-0.3, -0.25) is 4.79 Å². The Morgan fingerprint density at radius 1 is 1.25 bits per heavy atom. The Bertz CT molecular complexity index is 156. The lowest BCUT2D eigenvalue weighted by Crippen LogP contribution is -2.52. The van der Waals surface area contributed by atoms with Crippen molar-refractivity contribution in [3.8, 4) is 0 Å². The van der Waals surface area contributed by atoms with Crippen molar-refractivity contribution in [2.24, 2.45) is 23.3 Å². The van der Waals surface area contributed by atoms with Crippen LogP contribution in [0.15, 0.2) is 0 Å². The van der Waals surface area contributed by atoms with Crippen molar-refractivity contribution in [2.75, 3.05) is 0 Å². The molecular formula is C9H20N2O. The predicted octanol–water partition coefficient (Wildman–Crippen LogP) is 0.871. The molecule has 72 valence electrons. The minimum absolute atomic E-state index is 0.266. The molecule has 12 heavy (non-hydrogen) atoms. The molecule has 0 aromatic rings. The normalized spacial score (nSPS) is 12.6. The van der Waals surface area contributed by atoms with E-state index in [0.717, 1.165) is 0 Å². The third-order valence-electron chi connectivity index (χ3n) is 2.63. The lowest BCUT2D eigenvalue weighted by Gasteiger charge is -2.36. The first kappa shape index (κ1) is 11.4.